The van der Waals surface area contributed by atoms with Gasteiger partial charge in [0.15, 0.2) is 0 Å². The number of likely N-dealkylation sites (tertiary alicyclic amines) is 1. The average molecular weight is 232 g/mol. The standard InChI is InChI=1S/C15H24N2/c1-2-5-13-6-8-14(9-7-13)15(16)12-17-10-3-4-11-17/h6-9,15H,2-5,10-12,16H2,1H3. The number of rotatable bonds is 5. The Morgan fingerprint density at radius 3 is 2.41 bits per heavy atom. The molecule has 1 fully saturated rings. The summed E-state index contributed by atoms with van der Waals surface area (Å²) in [6, 6.07) is 9.02. The lowest BCUT2D eigenvalue weighted by atomic mass is 10.0. The summed E-state index contributed by atoms with van der Waals surface area (Å²) < 4.78 is 0. The number of nitrogens with two attached hydrogens (primary N) is 1. The molecule has 1 aromatic rings. The van der Waals surface area contributed by atoms with Crippen LogP contribution in [-0.4, -0.2) is 24.5 Å². The molecule has 17 heavy (non-hydrogen) atoms. The van der Waals surface area contributed by atoms with Crippen molar-refractivity contribution in [2.75, 3.05) is 19.6 Å². The normalized spacial score (nSPS) is 18.5. The Balaban J connectivity index is 1.91. The van der Waals surface area contributed by atoms with Gasteiger partial charge in [0, 0.05) is 12.6 Å². The summed E-state index contributed by atoms with van der Waals surface area (Å²) in [7, 11) is 0. The van der Waals surface area contributed by atoms with Crippen LogP contribution in [0.3, 0.4) is 0 Å². The first kappa shape index (κ1) is 12.6. The SMILES string of the molecule is CCCc1ccc(C(N)CN2CCCC2)cc1. The minimum atomic E-state index is 0.170. The van der Waals surface area contributed by atoms with Gasteiger partial charge in [0.1, 0.15) is 0 Å². The molecule has 2 heteroatoms. The average Bonchev–Trinajstić information content (AvgIpc) is 2.83. The summed E-state index contributed by atoms with van der Waals surface area (Å²) in [4.78, 5) is 2.48. The Labute approximate surface area is 105 Å². The van der Waals surface area contributed by atoms with E-state index in [0.29, 0.717) is 0 Å². The number of nitrogens with zero attached hydrogens (tertiary/aromatic N) is 1. The predicted octanol–water partition coefficient (Wildman–Crippen LogP) is 2.73. The van der Waals surface area contributed by atoms with Gasteiger partial charge in [0.2, 0.25) is 0 Å². The monoisotopic (exact) mass is 232 g/mol. The van der Waals surface area contributed by atoms with Crippen molar-refractivity contribution in [2.24, 2.45) is 5.73 Å². The molecule has 2 nitrogen and oxygen atoms in total. The molecular formula is C15H24N2. The lowest BCUT2D eigenvalue weighted by molar-refractivity contribution is 0.316. The van der Waals surface area contributed by atoms with Crippen molar-refractivity contribution in [3.63, 3.8) is 0 Å². The molecule has 0 amide bonds. The fourth-order valence-corrected chi connectivity index (χ4v) is 2.57. The van der Waals surface area contributed by atoms with Crippen molar-refractivity contribution >= 4 is 0 Å². The van der Waals surface area contributed by atoms with Gasteiger partial charge in [-0.15, -0.1) is 0 Å². The van der Waals surface area contributed by atoms with Crippen LogP contribution in [-0.2, 0) is 6.42 Å². The highest BCUT2D eigenvalue weighted by Crippen LogP contribution is 2.16. The van der Waals surface area contributed by atoms with Crippen LogP contribution in [0, 0.1) is 0 Å². The van der Waals surface area contributed by atoms with Crippen LogP contribution in [0.15, 0.2) is 24.3 Å². The molecule has 1 aromatic carbocycles. The van der Waals surface area contributed by atoms with Gasteiger partial charge >= 0.3 is 0 Å². The molecule has 2 rings (SSSR count). The van der Waals surface area contributed by atoms with Gasteiger partial charge in [-0.05, 0) is 43.5 Å². The van der Waals surface area contributed by atoms with E-state index in [4.69, 9.17) is 5.73 Å². The quantitative estimate of drug-likeness (QED) is 0.846. The molecule has 94 valence electrons. The molecule has 2 N–H and O–H groups in total. The van der Waals surface area contributed by atoms with Crippen molar-refractivity contribution in [1.82, 2.24) is 4.90 Å². The summed E-state index contributed by atoms with van der Waals surface area (Å²) >= 11 is 0. The zero-order valence-electron chi connectivity index (χ0n) is 10.9. The van der Waals surface area contributed by atoms with Gasteiger partial charge in [-0.2, -0.15) is 0 Å². The van der Waals surface area contributed by atoms with Gasteiger partial charge in [0.25, 0.3) is 0 Å². The van der Waals surface area contributed by atoms with Crippen molar-refractivity contribution in [3.8, 4) is 0 Å². The van der Waals surface area contributed by atoms with Crippen molar-refractivity contribution < 1.29 is 0 Å². The number of hydrogen-bond donors (Lipinski definition) is 1. The summed E-state index contributed by atoms with van der Waals surface area (Å²) in [6.07, 6.45) is 5.05. The third kappa shape index (κ3) is 3.55. The Morgan fingerprint density at radius 1 is 1.18 bits per heavy atom. The predicted molar refractivity (Wildman–Crippen MR) is 73.0 cm³/mol. The van der Waals surface area contributed by atoms with E-state index in [9.17, 15) is 0 Å². The van der Waals surface area contributed by atoms with Crippen molar-refractivity contribution in [1.29, 1.82) is 0 Å². The molecule has 0 radical (unpaired) electrons. The summed E-state index contributed by atoms with van der Waals surface area (Å²) in [6.45, 7) is 5.67. The number of aryl methyl sites for hydroxylation is 1. The molecule has 0 aromatic heterocycles. The molecule has 1 atom stereocenters. The largest absolute Gasteiger partial charge is 0.323 e. The first-order valence-electron chi connectivity index (χ1n) is 6.86. The first-order chi connectivity index (χ1) is 8.29. The van der Waals surface area contributed by atoms with Crippen LogP contribution < -0.4 is 5.73 Å². The van der Waals surface area contributed by atoms with Gasteiger partial charge in [-0.3, -0.25) is 0 Å². The molecule has 1 saturated heterocycles. The zero-order valence-corrected chi connectivity index (χ0v) is 10.9. The van der Waals surface area contributed by atoms with Gasteiger partial charge in [-0.25, -0.2) is 0 Å². The summed E-state index contributed by atoms with van der Waals surface area (Å²) in [5, 5.41) is 0. The number of hydrogen-bond acceptors (Lipinski definition) is 2. The van der Waals surface area contributed by atoms with Crippen molar-refractivity contribution in [2.45, 2.75) is 38.6 Å². The van der Waals surface area contributed by atoms with E-state index in [1.165, 1.54) is 49.9 Å². The van der Waals surface area contributed by atoms with Gasteiger partial charge < -0.3 is 10.6 Å². The highest BCUT2D eigenvalue weighted by Gasteiger charge is 2.15. The third-order valence-corrected chi connectivity index (χ3v) is 3.60. The summed E-state index contributed by atoms with van der Waals surface area (Å²) in [5.41, 5.74) is 8.95. The van der Waals surface area contributed by atoms with E-state index >= 15 is 0 Å². The molecule has 1 unspecified atom stereocenters. The molecule has 0 aliphatic carbocycles. The van der Waals surface area contributed by atoms with E-state index in [1.807, 2.05) is 0 Å². The molecule has 0 spiro atoms. The van der Waals surface area contributed by atoms with E-state index < -0.39 is 0 Å². The van der Waals surface area contributed by atoms with Crippen LogP contribution in [0.4, 0.5) is 0 Å². The first-order valence-corrected chi connectivity index (χ1v) is 6.86. The van der Waals surface area contributed by atoms with Crippen LogP contribution in [0.2, 0.25) is 0 Å². The van der Waals surface area contributed by atoms with Crippen molar-refractivity contribution in [3.05, 3.63) is 35.4 Å². The minimum absolute atomic E-state index is 0.170. The topological polar surface area (TPSA) is 29.3 Å². The molecule has 1 aliphatic rings. The molecule has 1 heterocycles. The minimum Gasteiger partial charge on any atom is -0.323 e. The fourth-order valence-electron chi connectivity index (χ4n) is 2.57. The van der Waals surface area contributed by atoms with E-state index in [2.05, 4.69) is 36.1 Å². The third-order valence-electron chi connectivity index (χ3n) is 3.60. The van der Waals surface area contributed by atoms with E-state index in [-0.39, 0.29) is 6.04 Å². The smallest absolute Gasteiger partial charge is 0.0424 e. The Hall–Kier alpha value is -0.860. The van der Waals surface area contributed by atoms with E-state index in [1.54, 1.807) is 0 Å². The highest BCUT2D eigenvalue weighted by molar-refractivity contribution is 5.25. The summed E-state index contributed by atoms with van der Waals surface area (Å²) in [5.74, 6) is 0. The second-order valence-electron chi connectivity index (χ2n) is 5.11. The fraction of sp³-hybridized carbons (Fsp3) is 0.600. The number of benzene rings is 1. The van der Waals surface area contributed by atoms with Crippen LogP contribution >= 0.6 is 0 Å². The Bertz CT molecular complexity index is 325. The second-order valence-corrected chi connectivity index (χ2v) is 5.11. The van der Waals surface area contributed by atoms with Crippen LogP contribution in [0.1, 0.15) is 43.4 Å². The molecule has 1 aliphatic heterocycles. The van der Waals surface area contributed by atoms with Gasteiger partial charge in [-0.1, -0.05) is 37.6 Å². The molecular weight excluding hydrogens is 208 g/mol. The maximum atomic E-state index is 6.26. The second kappa shape index (κ2) is 6.18. The Kier molecular flexibility index (Phi) is 4.57. The van der Waals surface area contributed by atoms with Crippen LogP contribution in [0.25, 0.3) is 0 Å². The Morgan fingerprint density at radius 2 is 1.82 bits per heavy atom. The lowest BCUT2D eigenvalue weighted by Crippen LogP contribution is -2.29. The maximum absolute atomic E-state index is 6.26. The maximum Gasteiger partial charge on any atom is 0.0424 e. The van der Waals surface area contributed by atoms with Gasteiger partial charge in [0.05, 0.1) is 0 Å². The molecule has 0 bridgehead atoms. The molecule has 0 saturated carbocycles. The van der Waals surface area contributed by atoms with Crippen LogP contribution in [0.5, 0.6) is 0 Å². The highest BCUT2D eigenvalue weighted by atomic mass is 15.1. The lowest BCUT2D eigenvalue weighted by Gasteiger charge is -2.20. The van der Waals surface area contributed by atoms with E-state index in [0.717, 1.165) is 6.54 Å². The zero-order chi connectivity index (χ0) is 12.1.